The minimum Gasteiger partial charge on any atom is -0.480 e. The monoisotopic (exact) mass is 263 g/mol. The second-order valence-corrected chi connectivity index (χ2v) is 3.74. The molecule has 17 heavy (non-hydrogen) atoms. The Kier molecular flexibility index (Phi) is 9.28. The quantitative estimate of drug-likeness (QED) is 0.226. The van der Waals surface area contributed by atoms with Gasteiger partial charge in [0, 0.05) is 6.54 Å². The van der Waals surface area contributed by atoms with Gasteiger partial charge in [0.25, 0.3) is 0 Å². The summed E-state index contributed by atoms with van der Waals surface area (Å²) in [5.41, 5.74) is 0. The summed E-state index contributed by atoms with van der Waals surface area (Å²) in [5, 5.41) is 16.2. The molecule has 0 aromatic carbocycles. The van der Waals surface area contributed by atoms with Crippen LogP contribution in [0.3, 0.4) is 0 Å². The van der Waals surface area contributed by atoms with Crippen molar-refractivity contribution in [3.05, 3.63) is 0 Å². The van der Waals surface area contributed by atoms with Gasteiger partial charge in [-0.1, -0.05) is 9.39 Å². The van der Waals surface area contributed by atoms with Gasteiger partial charge in [0.15, 0.2) is 0 Å². The lowest BCUT2D eigenvalue weighted by molar-refractivity contribution is -0.139. The Morgan fingerprint density at radius 2 is 2.06 bits per heavy atom. The number of carboxylic acids is 1. The Morgan fingerprint density at radius 3 is 2.59 bits per heavy atom. The molecule has 4 N–H and O–H groups in total. The van der Waals surface area contributed by atoms with Crippen molar-refractivity contribution in [3.8, 4) is 0 Å². The van der Waals surface area contributed by atoms with Crippen LogP contribution in [0.15, 0.2) is 0 Å². The number of rotatable bonds is 10. The van der Waals surface area contributed by atoms with Crippen LogP contribution < -0.4 is 15.7 Å². The Hall–Kier alpha value is -1.20. The van der Waals surface area contributed by atoms with Gasteiger partial charge in [0.2, 0.25) is 12.3 Å². The van der Waals surface area contributed by atoms with E-state index < -0.39 is 12.0 Å². The zero-order chi connectivity index (χ0) is 13.1. The van der Waals surface area contributed by atoms with Crippen molar-refractivity contribution in [2.75, 3.05) is 13.1 Å². The molecule has 2 amide bonds. The Bertz CT molecular complexity index is 263. The molecule has 0 fully saturated rings. The van der Waals surface area contributed by atoms with Crippen LogP contribution in [-0.4, -0.2) is 42.5 Å². The molecule has 0 radical (unpaired) electrons. The van der Waals surface area contributed by atoms with E-state index in [0.29, 0.717) is 32.2 Å². The number of carbonyl (C=O) groups excluding carboxylic acids is 2. The molecule has 8 heteroatoms. The first-order valence-electron chi connectivity index (χ1n) is 5.24. The van der Waals surface area contributed by atoms with Gasteiger partial charge in [-0.2, -0.15) is 0 Å². The van der Waals surface area contributed by atoms with Gasteiger partial charge in [-0.15, -0.1) is 0 Å². The van der Waals surface area contributed by atoms with Crippen LogP contribution in [0.25, 0.3) is 0 Å². The number of nitrogens with one attached hydrogen (secondary N) is 3. The SMILES string of the molecule is O=CNCC(=O)NCCCC[C@H](NP)C(=O)O. The van der Waals surface area contributed by atoms with E-state index in [1.165, 1.54) is 0 Å². The number of carbonyl (C=O) groups is 3. The maximum Gasteiger partial charge on any atom is 0.320 e. The van der Waals surface area contributed by atoms with Gasteiger partial charge >= 0.3 is 5.97 Å². The molecular weight excluding hydrogens is 245 g/mol. The molecule has 0 aromatic rings. The molecule has 0 aromatic heterocycles. The molecule has 98 valence electrons. The van der Waals surface area contributed by atoms with E-state index >= 15 is 0 Å². The second kappa shape index (κ2) is 9.99. The fraction of sp³-hybridized carbons (Fsp3) is 0.667. The summed E-state index contributed by atoms with van der Waals surface area (Å²) in [6.07, 6.45) is 2.35. The highest BCUT2D eigenvalue weighted by Crippen LogP contribution is 2.02. The third-order valence-corrected chi connectivity index (χ3v) is 2.49. The van der Waals surface area contributed by atoms with Crippen LogP contribution >= 0.6 is 9.39 Å². The van der Waals surface area contributed by atoms with Crippen molar-refractivity contribution in [1.29, 1.82) is 0 Å². The molecule has 0 saturated heterocycles. The average molecular weight is 263 g/mol. The lowest BCUT2D eigenvalue weighted by Gasteiger charge is -2.10. The third-order valence-electron chi connectivity index (χ3n) is 2.09. The van der Waals surface area contributed by atoms with Gasteiger partial charge in [0.05, 0.1) is 6.54 Å². The Morgan fingerprint density at radius 1 is 1.35 bits per heavy atom. The second-order valence-electron chi connectivity index (χ2n) is 3.40. The molecule has 2 atom stereocenters. The fourth-order valence-electron chi connectivity index (χ4n) is 1.18. The van der Waals surface area contributed by atoms with Gasteiger partial charge in [-0.3, -0.25) is 19.5 Å². The number of unbranched alkanes of at least 4 members (excludes halogenated alkanes) is 1. The molecule has 0 saturated carbocycles. The number of carboxylic acid groups (broad SMARTS) is 1. The summed E-state index contributed by atoms with van der Waals surface area (Å²) >= 11 is 0. The minimum absolute atomic E-state index is 0.0333. The van der Waals surface area contributed by atoms with Crippen molar-refractivity contribution in [3.63, 3.8) is 0 Å². The lowest BCUT2D eigenvalue weighted by atomic mass is 10.1. The van der Waals surface area contributed by atoms with Crippen LogP contribution in [0.2, 0.25) is 0 Å². The van der Waals surface area contributed by atoms with E-state index in [9.17, 15) is 14.4 Å². The van der Waals surface area contributed by atoms with Gasteiger partial charge in [-0.25, -0.2) is 0 Å². The number of hydrogen-bond acceptors (Lipinski definition) is 4. The smallest absolute Gasteiger partial charge is 0.320 e. The summed E-state index contributed by atoms with van der Waals surface area (Å²) in [5.74, 6) is -1.14. The molecule has 0 aliphatic heterocycles. The first kappa shape index (κ1) is 15.8. The maximum absolute atomic E-state index is 11.0. The molecule has 0 heterocycles. The summed E-state index contributed by atoms with van der Waals surface area (Å²) < 4.78 is 0. The van der Waals surface area contributed by atoms with Crippen LogP contribution in [0, 0.1) is 0 Å². The van der Waals surface area contributed by atoms with E-state index in [1.807, 2.05) is 0 Å². The van der Waals surface area contributed by atoms with Crippen LogP contribution in [0.1, 0.15) is 19.3 Å². The summed E-state index contributed by atoms with van der Waals surface area (Å²) in [6.45, 7) is 0.441. The van der Waals surface area contributed by atoms with Crippen LogP contribution in [0.4, 0.5) is 0 Å². The summed E-state index contributed by atoms with van der Waals surface area (Å²) in [4.78, 5) is 31.6. The van der Waals surface area contributed by atoms with Crippen LogP contribution in [0.5, 0.6) is 0 Å². The zero-order valence-electron chi connectivity index (χ0n) is 9.44. The highest BCUT2D eigenvalue weighted by molar-refractivity contribution is 7.13. The predicted molar refractivity (Wildman–Crippen MR) is 65.2 cm³/mol. The molecule has 0 aliphatic carbocycles. The fourth-order valence-corrected chi connectivity index (χ4v) is 1.49. The van der Waals surface area contributed by atoms with Crippen molar-refractivity contribution in [2.45, 2.75) is 25.3 Å². The highest BCUT2D eigenvalue weighted by Gasteiger charge is 2.13. The Balaban J connectivity index is 3.48. The topological polar surface area (TPSA) is 108 Å². The first-order valence-corrected chi connectivity index (χ1v) is 5.82. The summed E-state index contributed by atoms with van der Waals surface area (Å²) in [7, 11) is 2.18. The molecule has 0 spiro atoms. The molecule has 0 aliphatic rings. The molecule has 0 bridgehead atoms. The van der Waals surface area contributed by atoms with Crippen molar-refractivity contribution >= 4 is 27.7 Å². The Labute approximate surface area is 102 Å². The normalized spacial score (nSPS) is 11.6. The largest absolute Gasteiger partial charge is 0.480 e. The van der Waals surface area contributed by atoms with E-state index in [1.54, 1.807) is 0 Å². The van der Waals surface area contributed by atoms with E-state index in [2.05, 4.69) is 25.1 Å². The number of hydrogen-bond donors (Lipinski definition) is 4. The van der Waals surface area contributed by atoms with Gasteiger partial charge < -0.3 is 15.7 Å². The maximum atomic E-state index is 11.0. The van der Waals surface area contributed by atoms with E-state index in [-0.39, 0.29) is 12.5 Å². The molecule has 1 unspecified atom stereocenters. The standard InChI is InChI=1S/C9H18N3O4P/c13-6-10-5-8(14)11-4-2-1-3-7(12-17)9(15)16/h6-7,12H,1-5,17H2,(H,10,13)(H,11,14)(H,15,16)/t7-/m0/s1. The van der Waals surface area contributed by atoms with Gasteiger partial charge in [-0.05, 0) is 19.3 Å². The zero-order valence-corrected chi connectivity index (χ0v) is 10.6. The van der Waals surface area contributed by atoms with Crippen molar-refractivity contribution in [1.82, 2.24) is 15.7 Å². The third kappa shape index (κ3) is 8.59. The lowest BCUT2D eigenvalue weighted by Crippen LogP contribution is -2.34. The van der Waals surface area contributed by atoms with Crippen molar-refractivity contribution in [2.24, 2.45) is 0 Å². The number of amides is 2. The van der Waals surface area contributed by atoms with E-state index in [0.717, 1.165) is 0 Å². The van der Waals surface area contributed by atoms with Crippen molar-refractivity contribution < 1.29 is 19.5 Å². The van der Waals surface area contributed by atoms with E-state index in [4.69, 9.17) is 5.11 Å². The molecule has 0 rings (SSSR count). The van der Waals surface area contributed by atoms with Crippen LogP contribution in [-0.2, 0) is 14.4 Å². The highest BCUT2D eigenvalue weighted by atomic mass is 31.0. The average Bonchev–Trinajstić information content (AvgIpc) is 2.30. The molecular formula is C9H18N3O4P. The number of aliphatic carboxylic acids is 1. The minimum atomic E-state index is -0.890. The van der Waals surface area contributed by atoms with Gasteiger partial charge in [0.1, 0.15) is 6.04 Å². The predicted octanol–water partition coefficient (Wildman–Crippen LogP) is -1.15. The molecule has 7 nitrogen and oxygen atoms in total. The summed E-state index contributed by atoms with van der Waals surface area (Å²) in [6, 6.07) is -0.576. The first-order chi connectivity index (χ1) is 8.11.